The van der Waals surface area contributed by atoms with Crippen LogP contribution in [0.3, 0.4) is 0 Å². The third-order valence-electron chi connectivity index (χ3n) is 3.93. The van der Waals surface area contributed by atoms with Crippen molar-refractivity contribution in [2.24, 2.45) is 0 Å². The van der Waals surface area contributed by atoms with E-state index in [0.717, 1.165) is 0 Å². The highest BCUT2D eigenvalue weighted by Crippen LogP contribution is 2.37. The molecule has 3 aromatic carbocycles. The van der Waals surface area contributed by atoms with Crippen molar-refractivity contribution in [2.75, 3.05) is 0 Å². The molecule has 0 bridgehead atoms. The molecule has 156 valence electrons. The predicted molar refractivity (Wildman–Crippen MR) is 118 cm³/mol. The Hall–Kier alpha value is -2.90. The molecule has 3 aromatic rings. The molecule has 0 aromatic heterocycles. The summed E-state index contributed by atoms with van der Waals surface area (Å²) >= 11 is 4.27. The van der Waals surface area contributed by atoms with Gasteiger partial charge in [0.05, 0.1) is 4.92 Å². The average molecular weight is 445 g/mol. The van der Waals surface area contributed by atoms with E-state index in [2.05, 4.69) is 16.3 Å². The Morgan fingerprint density at radius 3 is 2.10 bits per heavy atom. The van der Waals surface area contributed by atoms with Gasteiger partial charge < -0.3 is 14.3 Å². The van der Waals surface area contributed by atoms with Crippen molar-refractivity contribution < 1.29 is 24.0 Å². The maximum Gasteiger partial charge on any atom is 0.375 e. The Balaban J connectivity index is 0.000000248. The molecular weight excluding hydrogens is 425 g/mol. The number of para-hydroxylation sites is 1. The van der Waals surface area contributed by atoms with E-state index in [9.17, 15) is 14.9 Å². The predicted octanol–water partition coefficient (Wildman–Crippen LogP) is 4.66. The zero-order valence-corrected chi connectivity index (χ0v) is 17.8. The lowest BCUT2D eigenvalue weighted by atomic mass is 9.96. The summed E-state index contributed by atoms with van der Waals surface area (Å²) in [6.07, 6.45) is 0.579. The van der Waals surface area contributed by atoms with Crippen molar-refractivity contribution in [2.45, 2.75) is 13.3 Å². The molecule has 3 rings (SSSR count). The van der Waals surface area contributed by atoms with E-state index >= 15 is 0 Å². The molecule has 0 unspecified atom stereocenters. The standard InChI is InChI=1S/C15H13NO3.C6H7O3PS/c1-2-11-10-13(16(18)19)8-9-14(11)15(17)12-6-4-3-5-7-12;7-10(8,11)9-6-4-2-1-3-5-6/h3-10H,2H2,1H3;1-5H,(H2,7,8,11). The third-order valence-corrected chi connectivity index (χ3v) is 4.60. The van der Waals surface area contributed by atoms with Crippen molar-refractivity contribution >= 4 is 30.0 Å². The fourth-order valence-electron chi connectivity index (χ4n) is 2.57. The second kappa shape index (κ2) is 10.8. The molecule has 30 heavy (non-hydrogen) atoms. The molecule has 0 aliphatic carbocycles. The van der Waals surface area contributed by atoms with Gasteiger partial charge in [0.1, 0.15) is 5.75 Å². The van der Waals surface area contributed by atoms with Gasteiger partial charge in [-0.25, -0.2) is 0 Å². The van der Waals surface area contributed by atoms with Gasteiger partial charge >= 0.3 is 6.72 Å². The molecule has 0 aliphatic rings. The number of hydrogen-bond donors (Lipinski definition) is 2. The first-order valence-corrected chi connectivity index (χ1v) is 11.5. The molecule has 0 aliphatic heterocycles. The van der Waals surface area contributed by atoms with Gasteiger partial charge in [-0.1, -0.05) is 55.5 Å². The van der Waals surface area contributed by atoms with Crippen molar-refractivity contribution in [1.82, 2.24) is 0 Å². The molecule has 0 saturated carbocycles. The monoisotopic (exact) mass is 445 g/mol. The SMILES string of the molecule is CCc1cc([N+](=O)[O-])ccc1C(=O)c1ccccc1.OP(O)(=S)Oc1ccccc1. The average Bonchev–Trinajstić information content (AvgIpc) is 2.73. The summed E-state index contributed by atoms with van der Waals surface area (Å²) in [4.78, 5) is 40.1. The van der Waals surface area contributed by atoms with E-state index in [1.54, 1.807) is 54.6 Å². The van der Waals surface area contributed by atoms with Crippen LogP contribution in [0, 0.1) is 10.1 Å². The zero-order chi connectivity index (χ0) is 22.1. The minimum atomic E-state index is -3.55. The lowest BCUT2D eigenvalue weighted by Crippen LogP contribution is -2.05. The van der Waals surface area contributed by atoms with Gasteiger partial charge in [-0.2, -0.15) is 0 Å². The highest BCUT2D eigenvalue weighted by molar-refractivity contribution is 8.06. The van der Waals surface area contributed by atoms with Crippen LogP contribution in [0.2, 0.25) is 0 Å². The highest BCUT2D eigenvalue weighted by Gasteiger charge is 2.16. The number of nitro groups is 1. The number of rotatable bonds is 6. The fourth-order valence-corrected chi connectivity index (χ4v) is 3.23. The number of aryl methyl sites for hydroxylation is 1. The largest absolute Gasteiger partial charge is 0.424 e. The van der Waals surface area contributed by atoms with Gasteiger partial charge in [-0.3, -0.25) is 14.9 Å². The number of nitro benzene ring substituents is 1. The van der Waals surface area contributed by atoms with Crippen LogP contribution in [0.4, 0.5) is 5.69 Å². The molecule has 7 nitrogen and oxygen atoms in total. The van der Waals surface area contributed by atoms with Crippen LogP contribution in [-0.4, -0.2) is 20.5 Å². The molecule has 2 N–H and O–H groups in total. The molecule has 0 spiro atoms. The molecular formula is C21H20NO6PS. The topological polar surface area (TPSA) is 110 Å². The second-order valence-electron chi connectivity index (χ2n) is 6.04. The normalized spacial score (nSPS) is 10.5. The lowest BCUT2D eigenvalue weighted by Gasteiger charge is -2.08. The van der Waals surface area contributed by atoms with Crippen LogP contribution < -0.4 is 4.52 Å². The van der Waals surface area contributed by atoms with Crippen LogP contribution in [0.15, 0.2) is 78.9 Å². The number of carbonyl (C=O) groups excluding carboxylic acids is 1. The summed E-state index contributed by atoms with van der Waals surface area (Å²) in [5.41, 5.74) is 1.83. The van der Waals surface area contributed by atoms with E-state index in [0.29, 0.717) is 28.9 Å². The number of carbonyl (C=O) groups is 1. The van der Waals surface area contributed by atoms with Crippen molar-refractivity contribution in [3.8, 4) is 5.75 Å². The molecule has 0 radical (unpaired) electrons. The Labute approximate surface area is 179 Å². The van der Waals surface area contributed by atoms with Gasteiger partial charge in [0.2, 0.25) is 0 Å². The van der Waals surface area contributed by atoms with Crippen LogP contribution in [-0.2, 0) is 18.2 Å². The Morgan fingerprint density at radius 2 is 1.60 bits per heavy atom. The number of nitrogens with zero attached hydrogens (tertiary/aromatic N) is 1. The van der Waals surface area contributed by atoms with E-state index in [-0.39, 0.29) is 11.5 Å². The third kappa shape index (κ3) is 7.17. The molecule has 0 heterocycles. The number of non-ortho nitro benzene ring substituents is 1. The summed E-state index contributed by atoms with van der Waals surface area (Å²) in [6, 6.07) is 21.7. The maximum absolute atomic E-state index is 12.3. The summed E-state index contributed by atoms with van der Waals surface area (Å²) in [6.45, 7) is -1.68. The summed E-state index contributed by atoms with van der Waals surface area (Å²) in [5.74, 6) is 0.271. The van der Waals surface area contributed by atoms with Crippen LogP contribution >= 0.6 is 6.72 Å². The fraction of sp³-hybridized carbons (Fsp3) is 0.0952. The Morgan fingerprint density at radius 1 is 1.03 bits per heavy atom. The first-order valence-electron chi connectivity index (χ1n) is 8.88. The summed E-state index contributed by atoms with van der Waals surface area (Å²) < 4.78 is 4.64. The summed E-state index contributed by atoms with van der Waals surface area (Å²) in [7, 11) is 0. The van der Waals surface area contributed by atoms with E-state index < -0.39 is 11.6 Å². The van der Waals surface area contributed by atoms with Crippen LogP contribution in [0.5, 0.6) is 5.75 Å². The van der Waals surface area contributed by atoms with Gasteiger partial charge in [-0.15, -0.1) is 0 Å². The second-order valence-corrected chi connectivity index (χ2v) is 8.63. The summed E-state index contributed by atoms with van der Waals surface area (Å²) in [5, 5.41) is 10.7. The first kappa shape index (κ1) is 23.4. The van der Waals surface area contributed by atoms with Gasteiger partial charge in [0, 0.05) is 35.1 Å². The Bertz CT molecular complexity index is 1050. The zero-order valence-electron chi connectivity index (χ0n) is 16.0. The van der Waals surface area contributed by atoms with Gasteiger partial charge in [0.15, 0.2) is 5.78 Å². The molecule has 9 heteroatoms. The minimum absolute atomic E-state index is 0.0152. The van der Waals surface area contributed by atoms with E-state index in [1.165, 1.54) is 18.2 Å². The van der Waals surface area contributed by atoms with E-state index in [4.69, 9.17) is 9.79 Å². The van der Waals surface area contributed by atoms with Crippen molar-refractivity contribution in [1.29, 1.82) is 0 Å². The molecule has 0 atom stereocenters. The van der Waals surface area contributed by atoms with Crippen molar-refractivity contribution in [3.05, 3.63) is 106 Å². The van der Waals surface area contributed by atoms with Crippen LogP contribution in [0.1, 0.15) is 28.4 Å². The quantitative estimate of drug-likeness (QED) is 0.246. The maximum atomic E-state index is 12.3. The molecule has 0 saturated heterocycles. The minimum Gasteiger partial charge on any atom is -0.424 e. The Kier molecular flexibility index (Phi) is 8.38. The lowest BCUT2D eigenvalue weighted by molar-refractivity contribution is -0.384. The molecule has 0 amide bonds. The van der Waals surface area contributed by atoms with Crippen LogP contribution in [0.25, 0.3) is 0 Å². The van der Waals surface area contributed by atoms with Gasteiger partial charge in [0.25, 0.3) is 5.69 Å². The highest BCUT2D eigenvalue weighted by atomic mass is 32.5. The molecule has 0 fully saturated rings. The van der Waals surface area contributed by atoms with Gasteiger partial charge in [-0.05, 0) is 30.2 Å². The number of benzene rings is 3. The smallest absolute Gasteiger partial charge is 0.375 e. The number of hydrogen-bond acceptors (Lipinski definition) is 5. The first-order chi connectivity index (χ1) is 14.2. The number of ketones is 1. The van der Waals surface area contributed by atoms with E-state index in [1.807, 2.05) is 13.0 Å². The van der Waals surface area contributed by atoms with Crippen molar-refractivity contribution in [3.63, 3.8) is 0 Å².